The quantitative estimate of drug-likeness (QED) is 0.311. The van der Waals surface area contributed by atoms with E-state index in [1.807, 2.05) is 23.6 Å². The summed E-state index contributed by atoms with van der Waals surface area (Å²) in [6.07, 6.45) is 11.2. The van der Waals surface area contributed by atoms with E-state index in [0.717, 1.165) is 53.6 Å². The molecule has 152 valence electrons. The summed E-state index contributed by atoms with van der Waals surface area (Å²) in [6, 6.07) is 6.07. The number of allylic oxidation sites excluding steroid dienone is 2. The van der Waals surface area contributed by atoms with Crippen LogP contribution in [-0.4, -0.2) is 29.4 Å². The number of carbonyl (C=O) groups is 1. The van der Waals surface area contributed by atoms with Crippen LogP contribution in [0.5, 0.6) is 5.75 Å². The van der Waals surface area contributed by atoms with Gasteiger partial charge >= 0.3 is 5.97 Å². The molecule has 2 atom stereocenters. The number of benzene rings is 1. The molecule has 1 unspecified atom stereocenters. The van der Waals surface area contributed by atoms with E-state index < -0.39 is 5.97 Å². The molecule has 0 amide bonds. The zero-order valence-corrected chi connectivity index (χ0v) is 17.2. The highest BCUT2D eigenvalue weighted by atomic mass is 32.1. The maximum Gasteiger partial charge on any atom is 0.303 e. The number of fused-ring (bicyclic) bond motifs is 1. The van der Waals surface area contributed by atoms with Crippen molar-refractivity contribution in [2.45, 2.75) is 57.4 Å². The average Bonchev–Trinajstić information content (AvgIpc) is 3.13. The highest BCUT2D eigenvalue weighted by molar-refractivity contribution is 7.18. The lowest BCUT2D eigenvalue weighted by atomic mass is 9.82. The number of hydroxylamine groups is 1. The summed E-state index contributed by atoms with van der Waals surface area (Å²) in [5.74, 6) is 0.502. The predicted octanol–water partition coefficient (Wildman–Crippen LogP) is 5.87. The molecule has 2 aromatic rings. The van der Waals surface area contributed by atoms with Gasteiger partial charge in [0.1, 0.15) is 5.75 Å². The third kappa shape index (κ3) is 4.86. The molecule has 1 aromatic carbocycles. The van der Waals surface area contributed by atoms with Gasteiger partial charge < -0.3 is 9.84 Å². The van der Waals surface area contributed by atoms with E-state index in [9.17, 15) is 10.0 Å². The summed E-state index contributed by atoms with van der Waals surface area (Å²) in [7, 11) is 1.67. The normalized spacial score (nSPS) is 19.9. The molecule has 28 heavy (non-hydrogen) atoms. The van der Waals surface area contributed by atoms with E-state index in [1.54, 1.807) is 18.4 Å². The van der Waals surface area contributed by atoms with Crippen LogP contribution >= 0.6 is 11.3 Å². The topological polar surface area (TPSA) is 70.0 Å². The Hall–Kier alpha value is -2.05. The maximum atomic E-state index is 11.1. The molecule has 2 N–H and O–H groups in total. The first-order chi connectivity index (χ1) is 13.6. The fourth-order valence-electron chi connectivity index (χ4n) is 4.08. The fraction of sp³-hybridized carbons (Fsp3) is 0.500. The van der Waals surface area contributed by atoms with Crippen molar-refractivity contribution in [2.24, 2.45) is 5.92 Å². The Morgan fingerprint density at radius 2 is 2.14 bits per heavy atom. The van der Waals surface area contributed by atoms with Crippen molar-refractivity contribution in [3.8, 4) is 5.75 Å². The number of rotatable bonds is 9. The summed E-state index contributed by atoms with van der Waals surface area (Å²) in [5, 5.41) is 24.3. The zero-order chi connectivity index (χ0) is 19.9. The average molecular weight is 404 g/mol. The fourth-order valence-corrected chi connectivity index (χ4v) is 5.11. The number of unbranched alkanes of at least 4 members (excludes halogenated alkanes) is 1. The second-order valence-corrected chi connectivity index (χ2v) is 8.29. The molecule has 0 bridgehead atoms. The minimum atomic E-state index is -0.740. The van der Waals surface area contributed by atoms with E-state index >= 15 is 0 Å². The van der Waals surface area contributed by atoms with Crippen molar-refractivity contribution >= 4 is 33.1 Å². The molecule has 0 saturated heterocycles. The van der Waals surface area contributed by atoms with Crippen molar-refractivity contribution in [1.82, 2.24) is 0 Å². The van der Waals surface area contributed by atoms with Gasteiger partial charge in [-0.3, -0.25) is 15.1 Å². The molecule has 6 heteroatoms. The van der Waals surface area contributed by atoms with Gasteiger partial charge in [0.15, 0.2) is 0 Å². The Morgan fingerprint density at radius 1 is 1.32 bits per heavy atom. The lowest BCUT2D eigenvalue weighted by Gasteiger charge is -2.37. The Bertz CT molecular complexity index is 816. The van der Waals surface area contributed by atoms with Gasteiger partial charge in [-0.1, -0.05) is 31.1 Å². The van der Waals surface area contributed by atoms with Gasteiger partial charge in [0.2, 0.25) is 0 Å². The molecule has 1 aliphatic carbocycles. The second-order valence-electron chi connectivity index (χ2n) is 7.41. The zero-order valence-electron chi connectivity index (χ0n) is 16.3. The lowest BCUT2D eigenvalue weighted by Crippen LogP contribution is -2.40. The van der Waals surface area contributed by atoms with Crippen LogP contribution in [0.4, 0.5) is 5.69 Å². The van der Waals surface area contributed by atoms with Crippen LogP contribution in [0.2, 0.25) is 0 Å². The van der Waals surface area contributed by atoms with Crippen molar-refractivity contribution in [1.29, 1.82) is 0 Å². The SMILES string of the molecule is COc1csc2c(N(O)[C@@H]3CCCCC3C/C=C\CCCC(=O)O)cccc12. The van der Waals surface area contributed by atoms with E-state index in [4.69, 9.17) is 9.84 Å². The summed E-state index contributed by atoms with van der Waals surface area (Å²) < 4.78 is 6.48. The Balaban J connectivity index is 1.69. The van der Waals surface area contributed by atoms with Crippen LogP contribution in [0, 0.1) is 5.92 Å². The number of nitrogens with zero attached hydrogens (tertiary/aromatic N) is 1. The number of carboxylic acids is 1. The first-order valence-electron chi connectivity index (χ1n) is 10.0. The minimum absolute atomic E-state index is 0.0936. The number of hydrogen-bond donors (Lipinski definition) is 2. The Kier molecular flexibility index (Phi) is 7.34. The van der Waals surface area contributed by atoms with Crippen LogP contribution < -0.4 is 9.80 Å². The molecule has 1 heterocycles. The van der Waals surface area contributed by atoms with Gasteiger partial charge in [0.25, 0.3) is 0 Å². The number of methoxy groups -OCH3 is 1. The van der Waals surface area contributed by atoms with Gasteiger partial charge in [-0.05, 0) is 50.2 Å². The number of carboxylic acid groups (broad SMARTS) is 1. The molecule has 5 nitrogen and oxygen atoms in total. The van der Waals surface area contributed by atoms with Crippen LogP contribution in [0.3, 0.4) is 0 Å². The molecule has 0 aliphatic heterocycles. The molecule has 1 aliphatic rings. The molecule has 1 fully saturated rings. The minimum Gasteiger partial charge on any atom is -0.495 e. The van der Waals surface area contributed by atoms with Crippen LogP contribution in [-0.2, 0) is 4.79 Å². The third-order valence-corrected chi connectivity index (χ3v) is 6.56. The molecule has 0 radical (unpaired) electrons. The van der Waals surface area contributed by atoms with E-state index in [-0.39, 0.29) is 12.5 Å². The van der Waals surface area contributed by atoms with Crippen molar-refractivity contribution in [2.75, 3.05) is 12.2 Å². The van der Waals surface area contributed by atoms with E-state index in [1.165, 1.54) is 11.5 Å². The highest BCUT2D eigenvalue weighted by Crippen LogP contribution is 2.41. The molecular formula is C22H29NO4S. The summed E-state index contributed by atoms with van der Waals surface area (Å²) >= 11 is 1.60. The second kappa shape index (κ2) is 9.94. The number of anilines is 1. The largest absolute Gasteiger partial charge is 0.495 e. The van der Waals surface area contributed by atoms with Crippen molar-refractivity contribution in [3.63, 3.8) is 0 Å². The number of hydrogen-bond acceptors (Lipinski definition) is 5. The Labute approximate surface area is 170 Å². The monoisotopic (exact) mass is 403 g/mol. The van der Waals surface area contributed by atoms with E-state index in [2.05, 4.69) is 12.2 Å². The summed E-state index contributed by atoms with van der Waals surface area (Å²) in [4.78, 5) is 10.6. The van der Waals surface area contributed by atoms with Crippen molar-refractivity contribution in [3.05, 3.63) is 35.7 Å². The maximum absolute atomic E-state index is 11.1. The molecule has 0 spiro atoms. The summed E-state index contributed by atoms with van der Waals surface area (Å²) in [6.45, 7) is 0. The summed E-state index contributed by atoms with van der Waals surface area (Å²) in [5.41, 5.74) is 0.855. The van der Waals surface area contributed by atoms with Gasteiger partial charge in [0, 0.05) is 17.2 Å². The number of ether oxygens (including phenoxy) is 1. The molecular weight excluding hydrogens is 374 g/mol. The number of aliphatic carboxylic acids is 1. The first-order valence-corrected chi connectivity index (χ1v) is 10.9. The number of thiophene rings is 1. The first kappa shape index (κ1) is 20.7. The lowest BCUT2D eigenvalue weighted by molar-refractivity contribution is -0.137. The van der Waals surface area contributed by atoms with Gasteiger partial charge in [-0.2, -0.15) is 0 Å². The van der Waals surface area contributed by atoms with E-state index in [0.29, 0.717) is 12.3 Å². The smallest absolute Gasteiger partial charge is 0.303 e. The van der Waals surface area contributed by atoms with Gasteiger partial charge in [-0.15, -0.1) is 11.3 Å². The molecule has 1 saturated carbocycles. The van der Waals surface area contributed by atoms with Gasteiger partial charge in [-0.25, -0.2) is 0 Å². The van der Waals surface area contributed by atoms with Crippen LogP contribution in [0.1, 0.15) is 51.4 Å². The van der Waals surface area contributed by atoms with Crippen LogP contribution in [0.25, 0.3) is 10.1 Å². The van der Waals surface area contributed by atoms with Crippen LogP contribution in [0.15, 0.2) is 35.7 Å². The molecule has 3 rings (SSSR count). The highest BCUT2D eigenvalue weighted by Gasteiger charge is 2.30. The predicted molar refractivity (Wildman–Crippen MR) is 114 cm³/mol. The third-order valence-electron chi connectivity index (χ3n) is 5.56. The standard InChI is InChI=1S/C22H29NO4S/c1-27-20-15-28-22-17(20)11-8-13-19(22)23(26)18-12-7-6-10-16(18)9-4-2-3-5-14-21(24)25/h2,4,8,11,13,15-16,18,26H,3,5-7,9-10,12,14H2,1H3,(H,24,25)/b4-2-/t16?,18-/m1/s1. The van der Waals surface area contributed by atoms with Gasteiger partial charge in [0.05, 0.1) is 23.5 Å². The molecule has 1 aromatic heterocycles. The Morgan fingerprint density at radius 3 is 2.93 bits per heavy atom. The van der Waals surface area contributed by atoms with Crippen molar-refractivity contribution < 1.29 is 19.8 Å².